The van der Waals surface area contributed by atoms with Crippen LogP contribution in [-0.4, -0.2) is 37.3 Å². The summed E-state index contributed by atoms with van der Waals surface area (Å²) in [6.07, 6.45) is 1.62. The Balaban J connectivity index is 1.40. The lowest BCUT2D eigenvalue weighted by Crippen LogP contribution is -2.28. The van der Waals surface area contributed by atoms with Gasteiger partial charge in [0.15, 0.2) is 5.82 Å². The van der Waals surface area contributed by atoms with Gasteiger partial charge in [-0.2, -0.15) is 10.2 Å². The quantitative estimate of drug-likeness (QED) is 0.653. The summed E-state index contributed by atoms with van der Waals surface area (Å²) >= 11 is 6.24. The number of hydrogen-bond donors (Lipinski definition) is 1. The van der Waals surface area contributed by atoms with Crippen molar-refractivity contribution in [3.05, 3.63) is 64.1 Å². The fourth-order valence-electron chi connectivity index (χ4n) is 3.37. The topological polar surface area (TPSA) is 86.3 Å². The van der Waals surface area contributed by atoms with Crippen molar-refractivity contribution in [3.63, 3.8) is 0 Å². The first kappa shape index (κ1) is 20.2. The molecule has 1 N–H and O–H groups in total. The van der Waals surface area contributed by atoms with E-state index in [1.165, 1.54) is 0 Å². The van der Waals surface area contributed by atoms with Crippen LogP contribution in [0.4, 0.5) is 5.82 Å². The number of anilines is 1. The molecule has 0 spiro atoms. The maximum Gasteiger partial charge on any atom is 0.269 e. The Morgan fingerprint density at radius 3 is 2.83 bits per heavy atom. The normalized spacial score (nSPS) is 15.7. The van der Waals surface area contributed by atoms with Crippen LogP contribution in [-0.2, 0) is 22.7 Å². The third-order valence-corrected chi connectivity index (χ3v) is 5.42. The lowest BCUT2D eigenvalue weighted by Gasteiger charge is -2.08. The average molecular weight is 427 g/mol. The molecule has 1 amide bonds. The molecule has 1 atom stereocenters. The molecule has 30 heavy (non-hydrogen) atoms. The maximum absolute atomic E-state index is 12.7. The van der Waals surface area contributed by atoms with Crippen LogP contribution in [0.1, 0.15) is 35.9 Å². The Bertz CT molecular complexity index is 1120. The standard InChI is InChI=1S/C21H23ClN6O2/c1-4-27-12-16(14(3)24-27)18-10-19(30-26-18)21(29)23-20-9-13(2)28(25-20)11-15-7-5-6-8-17(15)22/h5-9,12,19H,4,10-11H2,1-3H3,(H,23,25,29). The average Bonchev–Trinajstić information content (AvgIpc) is 3.42. The van der Waals surface area contributed by atoms with E-state index in [1.807, 2.05) is 62.0 Å². The van der Waals surface area contributed by atoms with Gasteiger partial charge in [0, 0.05) is 41.5 Å². The first-order valence-corrected chi connectivity index (χ1v) is 10.2. The fourth-order valence-corrected chi connectivity index (χ4v) is 3.56. The Hall–Kier alpha value is -3.13. The molecule has 9 heteroatoms. The Labute approximate surface area is 179 Å². The van der Waals surface area contributed by atoms with E-state index in [9.17, 15) is 4.79 Å². The predicted molar refractivity (Wildman–Crippen MR) is 115 cm³/mol. The van der Waals surface area contributed by atoms with Gasteiger partial charge >= 0.3 is 0 Å². The van der Waals surface area contributed by atoms with E-state index in [2.05, 4.69) is 20.7 Å². The molecule has 0 bridgehead atoms. The summed E-state index contributed by atoms with van der Waals surface area (Å²) in [6, 6.07) is 9.44. The van der Waals surface area contributed by atoms with Crippen molar-refractivity contribution in [1.29, 1.82) is 0 Å². The van der Waals surface area contributed by atoms with Crippen molar-refractivity contribution in [2.75, 3.05) is 5.32 Å². The number of oxime groups is 1. The Morgan fingerprint density at radius 1 is 1.30 bits per heavy atom. The molecular formula is C21H23ClN6O2. The zero-order valence-electron chi connectivity index (χ0n) is 17.1. The number of halogens is 1. The van der Waals surface area contributed by atoms with Gasteiger partial charge in [0.1, 0.15) is 0 Å². The molecule has 0 fully saturated rings. The van der Waals surface area contributed by atoms with Gasteiger partial charge in [-0.3, -0.25) is 14.2 Å². The molecule has 1 aromatic carbocycles. The van der Waals surface area contributed by atoms with Gasteiger partial charge in [-0.25, -0.2) is 0 Å². The lowest BCUT2D eigenvalue weighted by atomic mass is 10.1. The monoisotopic (exact) mass is 426 g/mol. The van der Waals surface area contributed by atoms with Crippen LogP contribution < -0.4 is 5.32 Å². The number of aryl methyl sites for hydroxylation is 3. The van der Waals surface area contributed by atoms with Gasteiger partial charge in [0.05, 0.1) is 18.0 Å². The molecule has 0 aliphatic carbocycles. The van der Waals surface area contributed by atoms with Gasteiger partial charge in [0.2, 0.25) is 6.10 Å². The van der Waals surface area contributed by atoms with E-state index in [0.29, 0.717) is 23.8 Å². The summed E-state index contributed by atoms with van der Waals surface area (Å²) in [5.74, 6) is 0.188. The van der Waals surface area contributed by atoms with Crippen molar-refractivity contribution in [2.24, 2.45) is 5.16 Å². The van der Waals surface area contributed by atoms with Gasteiger partial charge in [-0.05, 0) is 32.4 Å². The summed E-state index contributed by atoms with van der Waals surface area (Å²) in [5, 5.41) is 16.5. The molecule has 0 saturated carbocycles. The number of nitrogens with zero attached hydrogens (tertiary/aromatic N) is 5. The van der Waals surface area contributed by atoms with Crippen LogP contribution >= 0.6 is 11.6 Å². The third-order valence-electron chi connectivity index (χ3n) is 5.05. The summed E-state index contributed by atoms with van der Waals surface area (Å²) in [6.45, 7) is 7.17. The van der Waals surface area contributed by atoms with Gasteiger partial charge in [-0.15, -0.1) is 0 Å². The highest BCUT2D eigenvalue weighted by atomic mass is 35.5. The van der Waals surface area contributed by atoms with E-state index in [4.69, 9.17) is 16.4 Å². The smallest absolute Gasteiger partial charge is 0.269 e. The highest BCUT2D eigenvalue weighted by Gasteiger charge is 2.31. The number of aromatic nitrogens is 4. The number of carbonyl (C=O) groups is 1. The van der Waals surface area contributed by atoms with Gasteiger partial charge in [0.25, 0.3) is 5.91 Å². The van der Waals surface area contributed by atoms with Crippen LogP contribution in [0.3, 0.4) is 0 Å². The van der Waals surface area contributed by atoms with E-state index in [1.54, 1.807) is 4.68 Å². The first-order chi connectivity index (χ1) is 14.4. The SMILES string of the molecule is CCn1cc(C2=NOC(C(=O)Nc3cc(C)n(Cc4ccccc4Cl)n3)C2)c(C)n1. The number of carbonyl (C=O) groups excluding carboxylic acids is 1. The molecule has 2 aromatic heterocycles. The zero-order valence-corrected chi connectivity index (χ0v) is 17.8. The molecule has 156 valence electrons. The molecule has 8 nitrogen and oxygen atoms in total. The van der Waals surface area contributed by atoms with E-state index >= 15 is 0 Å². The van der Waals surface area contributed by atoms with E-state index < -0.39 is 6.10 Å². The van der Waals surface area contributed by atoms with Crippen molar-refractivity contribution in [1.82, 2.24) is 19.6 Å². The first-order valence-electron chi connectivity index (χ1n) is 9.80. The van der Waals surface area contributed by atoms with Crippen molar-refractivity contribution < 1.29 is 9.63 Å². The fraction of sp³-hybridized carbons (Fsp3) is 0.333. The predicted octanol–water partition coefficient (Wildman–Crippen LogP) is 3.55. The number of rotatable bonds is 6. The molecule has 0 saturated heterocycles. The highest BCUT2D eigenvalue weighted by Crippen LogP contribution is 2.21. The van der Waals surface area contributed by atoms with Crippen molar-refractivity contribution in [2.45, 2.75) is 46.4 Å². The number of hydrogen-bond acceptors (Lipinski definition) is 5. The van der Waals surface area contributed by atoms with Gasteiger partial charge in [-0.1, -0.05) is 35.0 Å². The van der Waals surface area contributed by atoms with Gasteiger partial charge < -0.3 is 10.2 Å². The molecular weight excluding hydrogens is 404 g/mol. The number of benzene rings is 1. The minimum atomic E-state index is -0.696. The third kappa shape index (κ3) is 4.09. The molecule has 0 radical (unpaired) electrons. The number of nitrogens with one attached hydrogen (secondary N) is 1. The summed E-state index contributed by atoms with van der Waals surface area (Å²) in [7, 11) is 0. The Morgan fingerprint density at radius 2 is 2.10 bits per heavy atom. The van der Waals surface area contributed by atoms with Crippen LogP contribution in [0.5, 0.6) is 0 Å². The molecule has 3 heterocycles. The van der Waals surface area contributed by atoms with Crippen LogP contribution in [0, 0.1) is 13.8 Å². The maximum atomic E-state index is 12.7. The summed E-state index contributed by atoms with van der Waals surface area (Å²) < 4.78 is 3.64. The second kappa shape index (κ2) is 8.31. The molecule has 1 aliphatic heterocycles. The lowest BCUT2D eigenvalue weighted by molar-refractivity contribution is -0.125. The summed E-state index contributed by atoms with van der Waals surface area (Å²) in [4.78, 5) is 18.1. The van der Waals surface area contributed by atoms with E-state index in [-0.39, 0.29) is 5.91 Å². The van der Waals surface area contributed by atoms with Crippen molar-refractivity contribution in [3.8, 4) is 0 Å². The second-order valence-electron chi connectivity index (χ2n) is 7.23. The Kier molecular flexibility index (Phi) is 5.59. The molecule has 4 rings (SSSR count). The molecule has 1 unspecified atom stereocenters. The second-order valence-corrected chi connectivity index (χ2v) is 7.64. The zero-order chi connectivity index (χ0) is 21.3. The van der Waals surface area contributed by atoms with E-state index in [0.717, 1.165) is 34.8 Å². The van der Waals surface area contributed by atoms with Crippen LogP contribution in [0.15, 0.2) is 41.7 Å². The molecule has 3 aromatic rings. The van der Waals surface area contributed by atoms with Crippen LogP contribution in [0.25, 0.3) is 0 Å². The highest BCUT2D eigenvalue weighted by molar-refractivity contribution is 6.31. The molecule has 1 aliphatic rings. The largest absolute Gasteiger partial charge is 0.382 e. The minimum Gasteiger partial charge on any atom is -0.382 e. The minimum absolute atomic E-state index is 0.281. The van der Waals surface area contributed by atoms with Crippen molar-refractivity contribution >= 4 is 29.0 Å². The van der Waals surface area contributed by atoms with Crippen LogP contribution in [0.2, 0.25) is 5.02 Å². The number of amides is 1. The summed E-state index contributed by atoms with van der Waals surface area (Å²) in [5.41, 5.74) is 4.38.